The SMILES string of the molecule is NC(=O)C1(CCC(=O)C(=O)NC2CC2)CC1. The zero-order valence-corrected chi connectivity index (χ0v) is 9.12. The number of amides is 2. The highest BCUT2D eigenvalue weighted by Crippen LogP contribution is 2.49. The van der Waals surface area contributed by atoms with E-state index in [0.717, 1.165) is 25.7 Å². The minimum Gasteiger partial charge on any atom is -0.369 e. The molecular formula is C11H16N2O3. The maximum absolute atomic E-state index is 11.4. The lowest BCUT2D eigenvalue weighted by molar-refractivity contribution is -0.138. The van der Waals surface area contributed by atoms with E-state index in [4.69, 9.17) is 5.73 Å². The van der Waals surface area contributed by atoms with Crippen molar-refractivity contribution in [1.82, 2.24) is 5.32 Å². The molecule has 0 aliphatic heterocycles. The van der Waals surface area contributed by atoms with E-state index in [1.165, 1.54) is 0 Å². The topological polar surface area (TPSA) is 89.3 Å². The van der Waals surface area contributed by atoms with E-state index >= 15 is 0 Å². The van der Waals surface area contributed by atoms with Gasteiger partial charge in [-0.3, -0.25) is 14.4 Å². The number of carbonyl (C=O) groups is 3. The van der Waals surface area contributed by atoms with E-state index < -0.39 is 17.1 Å². The third-order valence-electron chi connectivity index (χ3n) is 3.37. The maximum atomic E-state index is 11.4. The number of nitrogens with one attached hydrogen (secondary N) is 1. The summed E-state index contributed by atoms with van der Waals surface area (Å²) in [5, 5.41) is 2.63. The molecule has 0 bridgehead atoms. The molecule has 0 spiro atoms. The fourth-order valence-corrected chi connectivity index (χ4v) is 1.73. The van der Waals surface area contributed by atoms with Gasteiger partial charge in [0.2, 0.25) is 11.7 Å². The van der Waals surface area contributed by atoms with Crippen LogP contribution in [0.1, 0.15) is 38.5 Å². The van der Waals surface area contributed by atoms with Gasteiger partial charge < -0.3 is 11.1 Å². The molecule has 5 nitrogen and oxygen atoms in total. The molecule has 2 fully saturated rings. The van der Waals surface area contributed by atoms with Gasteiger partial charge in [-0.15, -0.1) is 0 Å². The van der Waals surface area contributed by atoms with E-state index in [1.54, 1.807) is 0 Å². The van der Waals surface area contributed by atoms with Gasteiger partial charge in [0.15, 0.2) is 0 Å². The molecule has 0 radical (unpaired) electrons. The van der Waals surface area contributed by atoms with Crippen LogP contribution in [-0.2, 0) is 14.4 Å². The molecular weight excluding hydrogens is 208 g/mol. The summed E-state index contributed by atoms with van der Waals surface area (Å²) in [6.45, 7) is 0. The van der Waals surface area contributed by atoms with Gasteiger partial charge in [0.25, 0.3) is 5.91 Å². The summed E-state index contributed by atoms with van der Waals surface area (Å²) < 4.78 is 0. The zero-order chi connectivity index (χ0) is 11.8. The predicted octanol–water partition coefficient (Wildman–Crippen LogP) is -0.120. The molecule has 0 saturated heterocycles. The van der Waals surface area contributed by atoms with Crippen LogP contribution in [0.4, 0.5) is 0 Å². The minimum absolute atomic E-state index is 0.126. The second-order valence-electron chi connectivity index (χ2n) is 4.82. The Hall–Kier alpha value is -1.39. The number of ketones is 1. The van der Waals surface area contributed by atoms with Crippen molar-refractivity contribution >= 4 is 17.6 Å². The van der Waals surface area contributed by atoms with Crippen molar-refractivity contribution in [2.75, 3.05) is 0 Å². The highest BCUT2D eigenvalue weighted by Gasteiger charge is 2.48. The van der Waals surface area contributed by atoms with E-state index in [0.29, 0.717) is 6.42 Å². The number of nitrogens with two attached hydrogens (primary N) is 1. The van der Waals surface area contributed by atoms with Gasteiger partial charge in [0.1, 0.15) is 0 Å². The fourth-order valence-electron chi connectivity index (χ4n) is 1.73. The second kappa shape index (κ2) is 3.88. The Labute approximate surface area is 93.8 Å². The highest BCUT2D eigenvalue weighted by atomic mass is 16.2. The van der Waals surface area contributed by atoms with E-state index in [2.05, 4.69) is 5.32 Å². The van der Waals surface area contributed by atoms with Gasteiger partial charge in [-0.2, -0.15) is 0 Å². The molecule has 16 heavy (non-hydrogen) atoms. The average molecular weight is 224 g/mol. The summed E-state index contributed by atoms with van der Waals surface area (Å²) >= 11 is 0. The van der Waals surface area contributed by atoms with Gasteiger partial charge in [0, 0.05) is 17.9 Å². The van der Waals surface area contributed by atoms with E-state index in [-0.39, 0.29) is 18.4 Å². The van der Waals surface area contributed by atoms with Crippen molar-refractivity contribution in [2.45, 2.75) is 44.6 Å². The number of hydrogen-bond donors (Lipinski definition) is 2. The third kappa shape index (κ3) is 2.40. The summed E-state index contributed by atoms with van der Waals surface area (Å²) in [5.41, 5.74) is 4.74. The van der Waals surface area contributed by atoms with Gasteiger partial charge in [0.05, 0.1) is 0 Å². The van der Waals surface area contributed by atoms with Crippen LogP contribution in [0, 0.1) is 5.41 Å². The normalized spacial score (nSPS) is 21.2. The van der Waals surface area contributed by atoms with Crippen LogP contribution in [0.15, 0.2) is 0 Å². The highest BCUT2D eigenvalue weighted by molar-refractivity contribution is 6.36. The van der Waals surface area contributed by atoms with E-state index in [9.17, 15) is 14.4 Å². The van der Waals surface area contributed by atoms with Crippen molar-refractivity contribution in [3.8, 4) is 0 Å². The van der Waals surface area contributed by atoms with Crippen molar-refractivity contribution in [3.05, 3.63) is 0 Å². The molecule has 0 heterocycles. The van der Waals surface area contributed by atoms with Crippen LogP contribution in [0.5, 0.6) is 0 Å². The average Bonchev–Trinajstić information content (AvgIpc) is 3.08. The van der Waals surface area contributed by atoms with Gasteiger partial charge in [-0.1, -0.05) is 0 Å². The number of hydrogen-bond acceptors (Lipinski definition) is 3. The number of Topliss-reactive ketones (excluding diaryl/α,β-unsaturated/α-hetero) is 1. The monoisotopic (exact) mass is 224 g/mol. The first-order chi connectivity index (χ1) is 7.53. The largest absolute Gasteiger partial charge is 0.369 e. The Morgan fingerprint density at radius 2 is 1.88 bits per heavy atom. The number of rotatable bonds is 6. The van der Waals surface area contributed by atoms with Crippen molar-refractivity contribution in [3.63, 3.8) is 0 Å². The molecule has 2 amide bonds. The Bertz CT molecular complexity index is 343. The third-order valence-corrected chi connectivity index (χ3v) is 3.37. The first-order valence-corrected chi connectivity index (χ1v) is 5.67. The molecule has 2 saturated carbocycles. The zero-order valence-electron chi connectivity index (χ0n) is 9.12. The van der Waals surface area contributed by atoms with Crippen LogP contribution in [0.3, 0.4) is 0 Å². The van der Waals surface area contributed by atoms with Crippen molar-refractivity contribution in [2.24, 2.45) is 11.1 Å². The molecule has 2 aliphatic rings. The summed E-state index contributed by atoms with van der Waals surface area (Å²) in [6.07, 6.45) is 3.97. The first-order valence-electron chi connectivity index (χ1n) is 5.67. The van der Waals surface area contributed by atoms with Crippen LogP contribution < -0.4 is 11.1 Å². The van der Waals surface area contributed by atoms with Crippen molar-refractivity contribution in [1.29, 1.82) is 0 Å². The molecule has 0 aromatic rings. The van der Waals surface area contributed by atoms with E-state index in [1.807, 2.05) is 0 Å². The van der Waals surface area contributed by atoms with Crippen molar-refractivity contribution < 1.29 is 14.4 Å². The van der Waals surface area contributed by atoms with Gasteiger partial charge in [-0.05, 0) is 32.1 Å². The lowest BCUT2D eigenvalue weighted by Gasteiger charge is -2.09. The lowest BCUT2D eigenvalue weighted by Crippen LogP contribution is -2.33. The molecule has 2 aliphatic carbocycles. The fraction of sp³-hybridized carbons (Fsp3) is 0.727. The molecule has 88 valence electrons. The maximum Gasteiger partial charge on any atom is 0.287 e. The van der Waals surface area contributed by atoms with Gasteiger partial charge in [-0.25, -0.2) is 0 Å². The summed E-state index contributed by atoms with van der Waals surface area (Å²) in [6, 6.07) is 0.197. The smallest absolute Gasteiger partial charge is 0.287 e. The second-order valence-corrected chi connectivity index (χ2v) is 4.82. The van der Waals surface area contributed by atoms with Crippen LogP contribution in [-0.4, -0.2) is 23.6 Å². The number of primary amides is 1. The molecule has 5 heteroatoms. The molecule has 0 aromatic carbocycles. The number of carbonyl (C=O) groups excluding carboxylic acids is 3. The van der Waals surface area contributed by atoms with Gasteiger partial charge >= 0.3 is 0 Å². The van der Waals surface area contributed by atoms with Crippen LogP contribution >= 0.6 is 0 Å². The summed E-state index contributed by atoms with van der Waals surface area (Å²) in [4.78, 5) is 33.8. The Balaban J connectivity index is 1.74. The summed E-state index contributed by atoms with van der Waals surface area (Å²) in [7, 11) is 0. The minimum atomic E-state index is -0.511. The molecule has 0 aromatic heterocycles. The van der Waals surface area contributed by atoms with Crippen LogP contribution in [0.25, 0.3) is 0 Å². The quantitative estimate of drug-likeness (QED) is 0.616. The molecule has 3 N–H and O–H groups in total. The lowest BCUT2D eigenvalue weighted by atomic mass is 9.98. The van der Waals surface area contributed by atoms with Crippen LogP contribution in [0.2, 0.25) is 0 Å². The standard InChI is InChI=1S/C11H16N2O3/c12-10(16)11(5-6-11)4-3-8(14)9(15)13-7-1-2-7/h7H,1-6H2,(H2,12,16)(H,13,15). The first kappa shape index (κ1) is 11.1. The predicted molar refractivity (Wildman–Crippen MR) is 56.3 cm³/mol. The molecule has 0 atom stereocenters. The Morgan fingerprint density at radius 3 is 2.31 bits per heavy atom. The summed E-state index contributed by atoms with van der Waals surface area (Å²) in [5.74, 6) is -1.29. The Morgan fingerprint density at radius 1 is 1.25 bits per heavy atom. The molecule has 2 rings (SSSR count). The Kier molecular flexibility index (Phi) is 2.69. The molecule has 0 unspecified atom stereocenters.